The molecule has 4 rings (SSSR count). The van der Waals surface area contributed by atoms with Gasteiger partial charge in [0.25, 0.3) is 5.91 Å². The molecule has 3 aromatic rings. The van der Waals surface area contributed by atoms with Crippen molar-refractivity contribution in [3.8, 4) is 0 Å². The molecular formula is C19H21N5O. The van der Waals surface area contributed by atoms with Crippen LogP contribution in [0.4, 0.5) is 0 Å². The summed E-state index contributed by atoms with van der Waals surface area (Å²) in [6, 6.07) is 12.3. The summed E-state index contributed by atoms with van der Waals surface area (Å²) in [6.07, 6.45) is 4.44. The molecule has 0 spiro atoms. The zero-order chi connectivity index (χ0) is 17.2. The molecule has 3 heterocycles. The number of fused-ring (bicyclic) bond motifs is 1. The van der Waals surface area contributed by atoms with E-state index < -0.39 is 0 Å². The Bertz CT molecular complexity index is 886. The van der Waals surface area contributed by atoms with Crippen LogP contribution in [0.25, 0.3) is 5.65 Å². The maximum absolute atomic E-state index is 13.1. The number of benzene rings is 1. The van der Waals surface area contributed by atoms with Crippen molar-refractivity contribution in [2.75, 3.05) is 19.6 Å². The third-order valence-electron chi connectivity index (χ3n) is 4.81. The average molecular weight is 335 g/mol. The second kappa shape index (κ2) is 6.64. The molecule has 25 heavy (non-hydrogen) atoms. The second-order valence-electron chi connectivity index (χ2n) is 6.33. The highest BCUT2D eigenvalue weighted by Crippen LogP contribution is 2.25. The number of carbonyl (C=O) groups is 1. The summed E-state index contributed by atoms with van der Waals surface area (Å²) >= 11 is 0. The lowest BCUT2D eigenvalue weighted by atomic mass is 10.00. The monoisotopic (exact) mass is 335 g/mol. The Morgan fingerprint density at radius 2 is 2.08 bits per heavy atom. The van der Waals surface area contributed by atoms with Gasteiger partial charge in [-0.3, -0.25) is 9.20 Å². The number of nitrogens with zero attached hydrogens (tertiary/aromatic N) is 4. The van der Waals surface area contributed by atoms with Crippen molar-refractivity contribution in [2.45, 2.75) is 19.4 Å². The van der Waals surface area contributed by atoms with Gasteiger partial charge in [0.2, 0.25) is 0 Å². The van der Waals surface area contributed by atoms with Gasteiger partial charge >= 0.3 is 0 Å². The fraction of sp³-hybridized carbons (Fsp3) is 0.316. The lowest BCUT2D eigenvalue weighted by molar-refractivity contribution is 0.0634. The highest BCUT2D eigenvalue weighted by atomic mass is 16.2. The number of carbonyl (C=O) groups excluding carboxylic acids is 1. The molecule has 2 aromatic heterocycles. The van der Waals surface area contributed by atoms with E-state index in [2.05, 4.69) is 46.7 Å². The predicted molar refractivity (Wildman–Crippen MR) is 95.5 cm³/mol. The van der Waals surface area contributed by atoms with E-state index in [-0.39, 0.29) is 11.9 Å². The van der Waals surface area contributed by atoms with Crippen LogP contribution in [0.5, 0.6) is 0 Å². The molecule has 0 saturated carbocycles. The number of aromatic nitrogens is 3. The molecule has 6 nitrogen and oxygen atoms in total. The number of rotatable bonds is 3. The first-order valence-corrected chi connectivity index (χ1v) is 8.66. The Morgan fingerprint density at radius 3 is 2.88 bits per heavy atom. The molecule has 1 atom stereocenters. The van der Waals surface area contributed by atoms with Gasteiger partial charge in [0.15, 0.2) is 5.65 Å². The molecule has 1 unspecified atom stereocenters. The van der Waals surface area contributed by atoms with Crippen LogP contribution in [-0.4, -0.2) is 45.0 Å². The Morgan fingerprint density at radius 1 is 1.24 bits per heavy atom. The van der Waals surface area contributed by atoms with Crippen LogP contribution in [0.15, 0.2) is 48.9 Å². The number of hydrogen-bond acceptors (Lipinski definition) is 4. The summed E-state index contributed by atoms with van der Waals surface area (Å²) in [5.74, 6) is 0.0432. The zero-order valence-electron chi connectivity index (χ0n) is 14.2. The van der Waals surface area contributed by atoms with Gasteiger partial charge in [-0.25, -0.2) is 0 Å². The largest absolute Gasteiger partial charge is 0.329 e. The second-order valence-corrected chi connectivity index (χ2v) is 6.33. The smallest absolute Gasteiger partial charge is 0.255 e. The molecule has 1 aliphatic heterocycles. The van der Waals surface area contributed by atoms with Crippen LogP contribution in [0.1, 0.15) is 34.5 Å². The molecule has 1 fully saturated rings. The highest BCUT2D eigenvalue weighted by Gasteiger charge is 2.28. The number of aryl methyl sites for hydroxylation is 1. The van der Waals surface area contributed by atoms with E-state index in [9.17, 15) is 4.79 Å². The van der Waals surface area contributed by atoms with E-state index in [4.69, 9.17) is 0 Å². The standard InChI is InChI=1S/C19H21N5O/c1-2-14-3-5-15(6-4-14)17-11-20-9-10-24(17)19(25)16-7-8-18-22-21-13-23(18)12-16/h3-8,12-13,17,20H,2,9-11H2,1H3. The summed E-state index contributed by atoms with van der Waals surface area (Å²) in [6.45, 7) is 4.42. The van der Waals surface area contributed by atoms with Gasteiger partial charge in [0, 0.05) is 25.8 Å². The van der Waals surface area contributed by atoms with Gasteiger partial charge in [0.1, 0.15) is 6.33 Å². The summed E-state index contributed by atoms with van der Waals surface area (Å²) in [7, 11) is 0. The SMILES string of the molecule is CCc1ccc(C2CNCCN2C(=O)c2ccc3nncn3c2)cc1. The van der Waals surface area contributed by atoms with Crippen LogP contribution in [-0.2, 0) is 6.42 Å². The molecular weight excluding hydrogens is 314 g/mol. The van der Waals surface area contributed by atoms with E-state index in [0.29, 0.717) is 12.1 Å². The minimum absolute atomic E-state index is 0.0432. The van der Waals surface area contributed by atoms with Gasteiger partial charge in [0.05, 0.1) is 11.6 Å². The van der Waals surface area contributed by atoms with E-state index in [1.807, 2.05) is 17.0 Å². The minimum atomic E-state index is 0.0432. The molecule has 1 saturated heterocycles. The fourth-order valence-corrected chi connectivity index (χ4v) is 3.34. The van der Waals surface area contributed by atoms with Gasteiger partial charge in [-0.2, -0.15) is 0 Å². The maximum Gasteiger partial charge on any atom is 0.255 e. The van der Waals surface area contributed by atoms with E-state index in [0.717, 1.165) is 25.2 Å². The number of nitrogens with one attached hydrogen (secondary N) is 1. The van der Waals surface area contributed by atoms with E-state index >= 15 is 0 Å². The van der Waals surface area contributed by atoms with Crippen molar-refractivity contribution in [3.05, 3.63) is 65.6 Å². The number of pyridine rings is 1. The summed E-state index contributed by atoms with van der Waals surface area (Å²) in [5.41, 5.74) is 3.87. The van der Waals surface area contributed by atoms with Crippen LogP contribution in [0, 0.1) is 0 Å². The van der Waals surface area contributed by atoms with E-state index in [1.54, 1.807) is 16.9 Å². The molecule has 1 N–H and O–H groups in total. The topological polar surface area (TPSA) is 62.5 Å². The number of piperazine rings is 1. The maximum atomic E-state index is 13.1. The van der Waals surface area contributed by atoms with Crippen molar-refractivity contribution in [3.63, 3.8) is 0 Å². The van der Waals surface area contributed by atoms with Gasteiger partial charge in [-0.05, 0) is 29.7 Å². The molecule has 0 aliphatic carbocycles. The van der Waals surface area contributed by atoms with Crippen molar-refractivity contribution >= 4 is 11.6 Å². The molecule has 6 heteroatoms. The Hall–Kier alpha value is -2.73. The fourth-order valence-electron chi connectivity index (χ4n) is 3.34. The highest BCUT2D eigenvalue weighted by molar-refractivity contribution is 5.94. The first kappa shape index (κ1) is 15.8. The molecule has 0 bridgehead atoms. The number of amides is 1. The summed E-state index contributed by atoms with van der Waals surface area (Å²) < 4.78 is 1.78. The molecule has 1 aromatic carbocycles. The molecule has 0 radical (unpaired) electrons. The minimum Gasteiger partial charge on any atom is -0.329 e. The lowest BCUT2D eigenvalue weighted by Crippen LogP contribution is -2.48. The predicted octanol–water partition coefficient (Wildman–Crippen LogP) is 2.08. The van der Waals surface area contributed by atoms with Gasteiger partial charge in [-0.15, -0.1) is 10.2 Å². The van der Waals surface area contributed by atoms with Crippen molar-refractivity contribution in [2.24, 2.45) is 0 Å². The van der Waals surface area contributed by atoms with Crippen molar-refractivity contribution in [1.82, 2.24) is 24.8 Å². The zero-order valence-corrected chi connectivity index (χ0v) is 14.2. The van der Waals surface area contributed by atoms with Crippen LogP contribution in [0.3, 0.4) is 0 Å². The summed E-state index contributed by atoms with van der Waals surface area (Å²) in [5, 5.41) is 11.3. The third kappa shape index (κ3) is 3.00. The average Bonchev–Trinajstić information content (AvgIpc) is 3.15. The third-order valence-corrected chi connectivity index (χ3v) is 4.81. The Labute approximate surface area is 146 Å². The Kier molecular flexibility index (Phi) is 4.19. The molecule has 1 amide bonds. The molecule has 128 valence electrons. The van der Waals surface area contributed by atoms with Gasteiger partial charge < -0.3 is 10.2 Å². The van der Waals surface area contributed by atoms with Crippen molar-refractivity contribution < 1.29 is 4.79 Å². The summed E-state index contributed by atoms with van der Waals surface area (Å²) in [4.78, 5) is 15.1. The normalized spacial score (nSPS) is 17.8. The first-order valence-electron chi connectivity index (χ1n) is 8.66. The van der Waals surface area contributed by atoms with E-state index in [1.165, 1.54) is 11.1 Å². The first-order chi connectivity index (χ1) is 12.3. The van der Waals surface area contributed by atoms with Crippen LogP contribution < -0.4 is 5.32 Å². The molecule has 1 aliphatic rings. The van der Waals surface area contributed by atoms with Crippen LogP contribution in [0.2, 0.25) is 0 Å². The Balaban J connectivity index is 1.63. The van der Waals surface area contributed by atoms with Crippen LogP contribution >= 0.6 is 0 Å². The lowest BCUT2D eigenvalue weighted by Gasteiger charge is -2.36. The van der Waals surface area contributed by atoms with Gasteiger partial charge in [-0.1, -0.05) is 31.2 Å². The quantitative estimate of drug-likeness (QED) is 0.796. The number of hydrogen-bond donors (Lipinski definition) is 1. The van der Waals surface area contributed by atoms with Crippen molar-refractivity contribution in [1.29, 1.82) is 0 Å².